The lowest BCUT2D eigenvalue weighted by atomic mass is 10.0. The van der Waals surface area contributed by atoms with Crippen LogP contribution in [-0.2, 0) is 0 Å². The van der Waals surface area contributed by atoms with Crippen molar-refractivity contribution in [1.82, 2.24) is 10.3 Å². The number of nitrogens with one attached hydrogen (secondary N) is 2. The maximum absolute atomic E-state index is 12.3. The topological polar surface area (TPSA) is 118 Å². The summed E-state index contributed by atoms with van der Waals surface area (Å²) < 4.78 is 0. The molecule has 6 nitrogen and oxygen atoms in total. The lowest BCUT2D eigenvalue weighted by molar-refractivity contribution is 0.0978. The fraction of sp³-hybridized carbons (Fsp3) is 0. The largest absolute Gasteiger partial charge is 0.399 e. The number of nitrogen functional groups attached to an aromatic ring is 1. The van der Waals surface area contributed by atoms with E-state index < -0.39 is 11.9 Å². The van der Waals surface area contributed by atoms with Gasteiger partial charge in [-0.3, -0.25) is 15.5 Å². The Kier molecular flexibility index (Phi) is 5.01. The number of rotatable bonds is 2. The first-order valence-electron chi connectivity index (χ1n) is 6.95. The fourth-order valence-electron chi connectivity index (χ4n) is 2.40. The average molecular weight is 342 g/mol. The number of halogens is 1. The summed E-state index contributed by atoms with van der Waals surface area (Å²) in [5.41, 5.74) is 14.2. The molecule has 0 atom stereocenters. The van der Waals surface area contributed by atoms with E-state index in [1.54, 1.807) is 24.3 Å². The van der Waals surface area contributed by atoms with Crippen LogP contribution in [0, 0.1) is 5.41 Å². The molecule has 6 N–H and O–H groups in total. The third-order valence-electron chi connectivity index (χ3n) is 3.39. The van der Waals surface area contributed by atoms with Gasteiger partial charge in [0.15, 0.2) is 5.96 Å². The minimum Gasteiger partial charge on any atom is -0.399 e. The molecule has 0 saturated carbocycles. The molecule has 3 aromatic rings. The van der Waals surface area contributed by atoms with Crippen molar-refractivity contribution in [2.45, 2.75) is 0 Å². The van der Waals surface area contributed by atoms with Crippen molar-refractivity contribution in [2.75, 3.05) is 5.73 Å². The number of carbonyl (C=O) groups excluding carboxylic acids is 1. The van der Waals surface area contributed by atoms with Crippen LogP contribution in [0.25, 0.3) is 22.2 Å². The summed E-state index contributed by atoms with van der Waals surface area (Å²) in [7, 11) is 0. The van der Waals surface area contributed by atoms with Crippen molar-refractivity contribution in [3.05, 3.63) is 60.2 Å². The molecule has 0 aliphatic rings. The zero-order valence-electron chi connectivity index (χ0n) is 12.6. The number of para-hydroxylation sites is 1. The summed E-state index contributed by atoms with van der Waals surface area (Å²) in [6.45, 7) is 0. The summed E-state index contributed by atoms with van der Waals surface area (Å²) in [6, 6.07) is 16.3. The molecule has 0 aliphatic carbocycles. The smallest absolute Gasteiger partial charge is 0.258 e. The molecule has 0 unspecified atom stereocenters. The highest BCUT2D eigenvalue weighted by Crippen LogP contribution is 2.25. The number of guanidine groups is 1. The van der Waals surface area contributed by atoms with Crippen LogP contribution in [0.3, 0.4) is 0 Å². The van der Waals surface area contributed by atoms with Crippen molar-refractivity contribution >= 4 is 40.9 Å². The molecule has 1 aromatic heterocycles. The molecule has 0 fully saturated rings. The monoisotopic (exact) mass is 341 g/mol. The first-order chi connectivity index (χ1) is 11.0. The average Bonchev–Trinajstić information content (AvgIpc) is 2.53. The highest BCUT2D eigenvalue weighted by Gasteiger charge is 2.14. The van der Waals surface area contributed by atoms with E-state index in [9.17, 15) is 4.79 Å². The predicted octanol–water partition coefficient (Wildman–Crippen LogP) is 2.53. The second-order valence-electron chi connectivity index (χ2n) is 5.07. The van der Waals surface area contributed by atoms with Gasteiger partial charge in [-0.15, -0.1) is 12.4 Å². The van der Waals surface area contributed by atoms with Gasteiger partial charge in [0.25, 0.3) is 5.91 Å². The fourth-order valence-corrected chi connectivity index (χ4v) is 2.40. The van der Waals surface area contributed by atoms with E-state index in [0.29, 0.717) is 27.8 Å². The second-order valence-corrected chi connectivity index (χ2v) is 5.07. The normalized spacial score (nSPS) is 10.0. The summed E-state index contributed by atoms with van der Waals surface area (Å²) in [5, 5.41) is 10.2. The van der Waals surface area contributed by atoms with Gasteiger partial charge in [-0.1, -0.05) is 30.3 Å². The van der Waals surface area contributed by atoms with Crippen molar-refractivity contribution in [3.8, 4) is 11.3 Å². The van der Waals surface area contributed by atoms with Gasteiger partial charge in [-0.05, 0) is 24.3 Å². The summed E-state index contributed by atoms with van der Waals surface area (Å²) in [5.74, 6) is -0.845. The molecular weight excluding hydrogens is 326 g/mol. The van der Waals surface area contributed by atoms with E-state index in [0.717, 1.165) is 5.56 Å². The molecule has 1 heterocycles. The number of aromatic nitrogens is 1. The van der Waals surface area contributed by atoms with Gasteiger partial charge >= 0.3 is 0 Å². The standard InChI is InChI=1S/C17H15N5O.ClH/c18-11-5-3-4-10(8-11)15-9-13(16(23)22-17(19)20)12-6-1-2-7-14(12)21-15;/h1-9H,18H2,(H4,19,20,22,23);1H. The zero-order valence-corrected chi connectivity index (χ0v) is 13.4. The lowest BCUT2D eigenvalue weighted by Crippen LogP contribution is -2.35. The molecular formula is C17H16ClN5O. The van der Waals surface area contributed by atoms with Crippen molar-refractivity contribution < 1.29 is 4.79 Å². The van der Waals surface area contributed by atoms with E-state index in [1.807, 2.05) is 30.3 Å². The number of hydrogen-bond donors (Lipinski definition) is 4. The number of anilines is 1. The maximum atomic E-state index is 12.3. The Bertz CT molecular complexity index is 926. The Morgan fingerprint density at radius 2 is 1.83 bits per heavy atom. The van der Waals surface area contributed by atoms with Crippen molar-refractivity contribution in [3.63, 3.8) is 0 Å². The van der Waals surface area contributed by atoms with Crippen LogP contribution >= 0.6 is 12.4 Å². The Balaban J connectivity index is 0.00000208. The number of amides is 1. The Morgan fingerprint density at radius 1 is 1.08 bits per heavy atom. The minimum absolute atomic E-state index is 0. The van der Waals surface area contributed by atoms with Crippen LogP contribution in [-0.4, -0.2) is 16.9 Å². The highest BCUT2D eigenvalue weighted by molar-refractivity contribution is 6.12. The van der Waals surface area contributed by atoms with Crippen LogP contribution in [0.1, 0.15) is 10.4 Å². The molecule has 24 heavy (non-hydrogen) atoms. The van der Waals surface area contributed by atoms with Crippen LogP contribution in [0.5, 0.6) is 0 Å². The van der Waals surface area contributed by atoms with Gasteiger partial charge in [0.2, 0.25) is 0 Å². The third-order valence-corrected chi connectivity index (χ3v) is 3.39. The minimum atomic E-state index is -0.443. The van der Waals surface area contributed by atoms with E-state index in [1.165, 1.54) is 0 Å². The van der Waals surface area contributed by atoms with Crippen LogP contribution in [0.15, 0.2) is 54.6 Å². The van der Waals surface area contributed by atoms with Gasteiger partial charge < -0.3 is 11.5 Å². The molecule has 122 valence electrons. The Hall–Kier alpha value is -3.12. The molecule has 0 spiro atoms. The molecule has 1 amide bonds. The van der Waals surface area contributed by atoms with Crippen molar-refractivity contribution in [1.29, 1.82) is 5.41 Å². The van der Waals surface area contributed by atoms with Crippen LogP contribution in [0.4, 0.5) is 5.69 Å². The molecule has 0 bridgehead atoms. The number of nitrogens with zero attached hydrogens (tertiary/aromatic N) is 1. The van der Waals surface area contributed by atoms with Gasteiger partial charge in [-0.25, -0.2) is 4.98 Å². The number of hydrogen-bond acceptors (Lipinski definition) is 4. The van der Waals surface area contributed by atoms with Gasteiger partial charge in [0, 0.05) is 16.6 Å². The summed E-state index contributed by atoms with van der Waals surface area (Å²) in [6.07, 6.45) is 0. The Morgan fingerprint density at radius 3 is 2.54 bits per heavy atom. The number of pyridine rings is 1. The number of benzene rings is 2. The van der Waals surface area contributed by atoms with E-state index in [-0.39, 0.29) is 12.4 Å². The predicted molar refractivity (Wildman–Crippen MR) is 98.2 cm³/mol. The maximum Gasteiger partial charge on any atom is 0.258 e. The van der Waals surface area contributed by atoms with Gasteiger partial charge in [0.1, 0.15) is 0 Å². The SMILES string of the molecule is Cl.N=C(N)NC(=O)c1cc(-c2cccc(N)c2)nc2ccccc12. The molecule has 2 aromatic carbocycles. The number of nitrogens with two attached hydrogens (primary N) is 2. The van der Waals surface area contributed by atoms with E-state index in [4.69, 9.17) is 16.9 Å². The first-order valence-corrected chi connectivity index (χ1v) is 6.95. The van der Waals surface area contributed by atoms with Gasteiger partial charge in [0.05, 0.1) is 16.8 Å². The molecule has 0 saturated heterocycles. The summed E-state index contributed by atoms with van der Waals surface area (Å²) in [4.78, 5) is 16.9. The van der Waals surface area contributed by atoms with E-state index in [2.05, 4.69) is 10.3 Å². The second kappa shape index (κ2) is 6.97. The van der Waals surface area contributed by atoms with Crippen LogP contribution in [0.2, 0.25) is 0 Å². The molecule has 0 radical (unpaired) electrons. The Labute approximate surface area is 144 Å². The zero-order chi connectivity index (χ0) is 16.4. The van der Waals surface area contributed by atoms with Crippen LogP contribution < -0.4 is 16.8 Å². The lowest BCUT2D eigenvalue weighted by Gasteiger charge is -2.10. The summed E-state index contributed by atoms with van der Waals surface area (Å²) >= 11 is 0. The third kappa shape index (κ3) is 3.44. The number of carbonyl (C=O) groups is 1. The molecule has 7 heteroatoms. The highest BCUT2D eigenvalue weighted by atomic mass is 35.5. The number of fused-ring (bicyclic) bond motifs is 1. The quantitative estimate of drug-likeness (QED) is 0.325. The molecule has 3 rings (SSSR count). The van der Waals surface area contributed by atoms with Crippen molar-refractivity contribution in [2.24, 2.45) is 5.73 Å². The molecule has 0 aliphatic heterocycles. The van der Waals surface area contributed by atoms with Gasteiger partial charge in [-0.2, -0.15) is 0 Å². The first kappa shape index (κ1) is 17.2. The van der Waals surface area contributed by atoms with E-state index >= 15 is 0 Å².